The first kappa shape index (κ1) is 10.2. The topological polar surface area (TPSA) is 24.9 Å². The summed E-state index contributed by atoms with van der Waals surface area (Å²) in [6.45, 7) is 0.976. The molecule has 1 fully saturated rings. The average molecular weight is 231 g/mol. The fourth-order valence-corrected chi connectivity index (χ4v) is 2.95. The van der Waals surface area contributed by atoms with Gasteiger partial charge in [0.05, 0.1) is 0 Å². The number of nitrogens with one attached hydrogen (secondary N) is 1. The maximum absolute atomic E-state index is 6.05. The van der Waals surface area contributed by atoms with Crippen LogP contribution >= 0.6 is 22.9 Å². The second-order valence-electron chi connectivity index (χ2n) is 4.03. The highest BCUT2D eigenvalue weighted by Gasteiger charge is 2.32. The molecule has 0 radical (unpaired) electrons. The number of anilines is 1. The van der Waals surface area contributed by atoms with Gasteiger partial charge in [-0.25, -0.2) is 4.98 Å². The Morgan fingerprint density at radius 1 is 1.50 bits per heavy atom. The molecule has 0 saturated heterocycles. The monoisotopic (exact) mass is 230 g/mol. The molecule has 0 aliphatic heterocycles. The van der Waals surface area contributed by atoms with Crippen molar-refractivity contribution in [1.82, 2.24) is 4.98 Å². The summed E-state index contributed by atoms with van der Waals surface area (Å²) in [6, 6.07) is 0. The molecule has 0 aromatic carbocycles. The van der Waals surface area contributed by atoms with E-state index in [9.17, 15) is 0 Å². The van der Waals surface area contributed by atoms with Crippen LogP contribution in [0.4, 0.5) is 5.13 Å². The molecule has 1 aliphatic carbocycles. The summed E-state index contributed by atoms with van der Waals surface area (Å²) < 4.78 is 0. The predicted molar refractivity (Wildman–Crippen MR) is 62.2 cm³/mol. The highest BCUT2D eigenvalue weighted by molar-refractivity contribution is 7.13. The first-order chi connectivity index (χ1) is 6.85. The second kappa shape index (κ2) is 4.49. The Morgan fingerprint density at radius 3 is 2.86 bits per heavy atom. The van der Waals surface area contributed by atoms with E-state index in [1.165, 1.54) is 25.7 Å². The zero-order chi connectivity index (χ0) is 9.86. The number of alkyl halides is 1. The Morgan fingerprint density at radius 2 is 2.29 bits per heavy atom. The maximum atomic E-state index is 6.05. The van der Waals surface area contributed by atoms with Crippen LogP contribution in [0.5, 0.6) is 0 Å². The zero-order valence-corrected chi connectivity index (χ0v) is 9.70. The maximum Gasteiger partial charge on any atom is 0.182 e. The Balaban J connectivity index is 1.89. The molecule has 1 saturated carbocycles. The van der Waals surface area contributed by atoms with Crippen LogP contribution in [-0.2, 0) is 0 Å². The molecule has 1 aliphatic rings. The van der Waals surface area contributed by atoms with Gasteiger partial charge >= 0.3 is 0 Å². The first-order valence-electron chi connectivity index (χ1n) is 5.04. The molecular weight excluding hydrogens is 216 g/mol. The average Bonchev–Trinajstić information content (AvgIpc) is 2.87. The summed E-state index contributed by atoms with van der Waals surface area (Å²) in [5.74, 6) is 0.769. The van der Waals surface area contributed by atoms with E-state index < -0.39 is 0 Å². The van der Waals surface area contributed by atoms with Crippen LogP contribution in [0, 0.1) is 5.41 Å². The van der Waals surface area contributed by atoms with Gasteiger partial charge in [0.2, 0.25) is 0 Å². The number of nitrogens with zero attached hydrogens (tertiary/aromatic N) is 1. The highest BCUT2D eigenvalue weighted by atomic mass is 35.5. The van der Waals surface area contributed by atoms with Gasteiger partial charge in [0, 0.05) is 29.4 Å². The van der Waals surface area contributed by atoms with Crippen LogP contribution in [0.1, 0.15) is 25.7 Å². The van der Waals surface area contributed by atoms with Gasteiger partial charge in [-0.05, 0) is 12.8 Å². The molecule has 1 N–H and O–H groups in total. The van der Waals surface area contributed by atoms with Crippen LogP contribution in [0.15, 0.2) is 11.6 Å². The van der Waals surface area contributed by atoms with Gasteiger partial charge in [-0.3, -0.25) is 0 Å². The molecule has 0 bridgehead atoms. The van der Waals surface area contributed by atoms with E-state index in [0.29, 0.717) is 5.41 Å². The molecule has 1 aromatic rings. The van der Waals surface area contributed by atoms with Crippen LogP contribution < -0.4 is 5.32 Å². The molecule has 78 valence electrons. The minimum absolute atomic E-state index is 0.327. The van der Waals surface area contributed by atoms with E-state index in [0.717, 1.165) is 17.6 Å². The fraction of sp³-hybridized carbons (Fsp3) is 0.700. The van der Waals surface area contributed by atoms with Crippen molar-refractivity contribution in [2.75, 3.05) is 17.7 Å². The lowest BCUT2D eigenvalue weighted by atomic mass is 9.89. The predicted octanol–water partition coefficient (Wildman–Crippen LogP) is 3.35. The largest absolute Gasteiger partial charge is 0.361 e. The summed E-state index contributed by atoms with van der Waals surface area (Å²) >= 11 is 7.70. The minimum Gasteiger partial charge on any atom is -0.361 e. The Bertz CT molecular complexity index is 268. The number of hydrogen-bond acceptors (Lipinski definition) is 3. The van der Waals surface area contributed by atoms with Gasteiger partial charge in [0.25, 0.3) is 0 Å². The lowest BCUT2D eigenvalue weighted by Crippen LogP contribution is -2.28. The number of halogens is 1. The fourth-order valence-electron chi connectivity index (χ4n) is 2.06. The molecule has 0 amide bonds. The van der Waals surface area contributed by atoms with Crippen molar-refractivity contribution < 1.29 is 0 Å². The quantitative estimate of drug-likeness (QED) is 0.803. The zero-order valence-electron chi connectivity index (χ0n) is 8.13. The van der Waals surface area contributed by atoms with E-state index in [4.69, 9.17) is 11.6 Å². The molecular formula is C10H15ClN2S. The summed E-state index contributed by atoms with van der Waals surface area (Å²) in [7, 11) is 0. The molecule has 2 nitrogen and oxygen atoms in total. The van der Waals surface area contributed by atoms with E-state index in [1.807, 2.05) is 11.6 Å². The van der Waals surface area contributed by atoms with E-state index in [-0.39, 0.29) is 0 Å². The number of hydrogen-bond donors (Lipinski definition) is 1. The molecule has 4 heteroatoms. The van der Waals surface area contributed by atoms with E-state index in [1.54, 1.807) is 11.3 Å². The number of rotatable bonds is 4. The third-order valence-electron chi connectivity index (χ3n) is 2.99. The number of aromatic nitrogens is 1. The van der Waals surface area contributed by atoms with Gasteiger partial charge in [0.1, 0.15) is 0 Å². The van der Waals surface area contributed by atoms with Crippen molar-refractivity contribution in [3.8, 4) is 0 Å². The molecule has 0 atom stereocenters. The molecule has 14 heavy (non-hydrogen) atoms. The standard InChI is InChI=1S/C10H15ClN2S/c11-7-10(3-1-2-4-10)8-13-9-12-5-6-14-9/h5-6H,1-4,7-8H2,(H,12,13). The summed E-state index contributed by atoms with van der Waals surface area (Å²) in [5, 5.41) is 6.39. The lowest BCUT2D eigenvalue weighted by Gasteiger charge is -2.26. The minimum atomic E-state index is 0.327. The van der Waals surface area contributed by atoms with Crippen molar-refractivity contribution in [2.45, 2.75) is 25.7 Å². The molecule has 2 rings (SSSR count). The van der Waals surface area contributed by atoms with Gasteiger partial charge in [0.15, 0.2) is 5.13 Å². The van der Waals surface area contributed by atoms with Crippen LogP contribution in [0.25, 0.3) is 0 Å². The van der Waals surface area contributed by atoms with Gasteiger partial charge < -0.3 is 5.32 Å². The summed E-state index contributed by atoms with van der Waals surface area (Å²) in [5.41, 5.74) is 0.327. The highest BCUT2D eigenvalue weighted by Crippen LogP contribution is 2.39. The normalized spacial score (nSPS) is 19.8. The van der Waals surface area contributed by atoms with Crippen molar-refractivity contribution in [3.63, 3.8) is 0 Å². The Hall–Kier alpha value is -0.280. The van der Waals surface area contributed by atoms with Crippen molar-refractivity contribution in [1.29, 1.82) is 0 Å². The van der Waals surface area contributed by atoms with Crippen LogP contribution in [-0.4, -0.2) is 17.4 Å². The smallest absolute Gasteiger partial charge is 0.182 e. The summed E-state index contributed by atoms with van der Waals surface area (Å²) in [6.07, 6.45) is 7.00. The first-order valence-corrected chi connectivity index (χ1v) is 6.45. The van der Waals surface area contributed by atoms with Crippen molar-refractivity contribution >= 4 is 28.1 Å². The molecule has 0 unspecified atom stereocenters. The van der Waals surface area contributed by atoms with Gasteiger partial charge in [-0.1, -0.05) is 12.8 Å². The van der Waals surface area contributed by atoms with E-state index in [2.05, 4.69) is 10.3 Å². The Kier molecular flexibility index (Phi) is 3.29. The SMILES string of the molecule is ClCC1(CNc2nccs2)CCCC1. The van der Waals surface area contributed by atoms with Gasteiger partial charge in [-0.15, -0.1) is 22.9 Å². The third-order valence-corrected chi connectivity index (χ3v) is 4.29. The number of thiazole rings is 1. The third kappa shape index (κ3) is 2.20. The summed E-state index contributed by atoms with van der Waals surface area (Å²) in [4.78, 5) is 4.21. The van der Waals surface area contributed by atoms with Crippen molar-refractivity contribution in [2.24, 2.45) is 5.41 Å². The molecule has 1 aromatic heterocycles. The molecule has 0 spiro atoms. The second-order valence-corrected chi connectivity index (χ2v) is 5.19. The van der Waals surface area contributed by atoms with Crippen LogP contribution in [0.3, 0.4) is 0 Å². The molecule has 1 heterocycles. The lowest BCUT2D eigenvalue weighted by molar-refractivity contribution is 0.368. The van der Waals surface area contributed by atoms with Crippen LogP contribution in [0.2, 0.25) is 0 Å². The van der Waals surface area contributed by atoms with Gasteiger partial charge in [-0.2, -0.15) is 0 Å². The van der Waals surface area contributed by atoms with Crippen molar-refractivity contribution in [3.05, 3.63) is 11.6 Å². The van der Waals surface area contributed by atoms with E-state index >= 15 is 0 Å². The Labute approximate surface area is 93.7 Å².